The molecule has 3 saturated heterocycles. The molecule has 2 aromatic heterocycles. The fraction of sp³-hybridized carbons (Fsp3) is 0.600. The molecule has 5 aliphatic heterocycles. The van der Waals surface area contributed by atoms with Gasteiger partial charge in [0.25, 0.3) is 5.91 Å². The Bertz CT molecular complexity index is 1920. The monoisotopic (exact) mass is 806 g/mol. The summed E-state index contributed by atoms with van der Waals surface area (Å²) in [7, 11) is 1.32. The third-order valence-electron chi connectivity index (χ3n) is 10.9. The molecule has 0 saturated carbocycles. The summed E-state index contributed by atoms with van der Waals surface area (Å²) in [6.45, 7) is 1.84. The summed E-state index contributed by atoms with van der Waals surface area (Å²) >= 11 is 6.64. The highest BCUT2D eigenvalue weighted by Crippen LogP contribution is 2.43. The topological polar surface area (TPSA) is 115 Å². The Balaban J connectivity index is 0.000000449. The van der Waals surface area contributed by atoms with Gasteiger partial charge in [-0.15, -0.1) is 0 Å². The van der Waals surface area contributed by atoms with Crippen LogP contribution in [0.15, 0.2) is 12.1 Å². The number of aromatic nitrogens is 4. The maximum absolute atomic E-state index is 15.1. The lowest BCUT2D eigenvalue weighted by atomic mass is 9.94. The Kier molecular flexibility index (Phi) is 10.8. The number of carbonyl (C=O) groups excluding carboxylic acids is 1. The van der Waals surface area contributed by atoms with Crippen LogP contribution in [0.1, 0.15) is 76.8 Å². The number of amides is 1. The number of halogens is 9. The molecule has 20 heteroatoms. The van der Waals surface area contributed by atoms with E-state index >= 15 is 4.39 Å². The number of benzene rings is 1. The minimum atomic E-state index is -4.87. The van der Waals surface area contributed by atoms with E-state index in [9.17, 15) is 35.5 Å². The van der Waals surface area contributed by atoms with Gasteiger partial charge in [-0.25, -0.2) is 8.78 Å². The van der Waals surface area contributed by atoms with Gasteiger partial charge in [0.15, 0.2) is 11.5 Å². The van der Waals surface area contributed by atoms with Crippen molar-refractivity contribution in [3.8, 4) is 6.01 Å². The van der Waals surface area contributed by atoms with Gasteiger partial charge >= 0.3 is 18.4 Å². The molecule has 4 atom stereocenters. The SMILES string of the molecule is COc1nc2c(c(N3CCCn4nc(C(=O)N5CCC(C(F)(F)F)C5)c(Cl)c4C3)n1)COC(c1c(C(F)(F)F)ccc(N)c1F)C2.FC1CC2CCCN2C1. The fourth-order valence-corrected chi connectivity index (χ4v) is 8.40. The van der Waals surface area contributed by atoms with Crippen molar-refractivity contribution in [2.45, 2.75) is 88.9 Å². The van der Waals surface area contributed by atoms with E-state index < -0.39 is 65.6 Å². The number of hydrogen-bond acceptors (Lipinski definition) is 9. The number of nitrogens with two attached hydrogens (primary N) is 1. The maximum Gasteiger partial charge on any atom is 0.416 e. The van der Waals surface area contributed by atoms with E-state index in [0.717, 1.165) is 23.9 Å². The number of anilines is 2. The molecule has 11 nitrogen and oxygen atoms in total. The first-order chi connectivity index (χ1) is 26.0. The van der Waals surface area contributed by atoms with Gasteiger partial charge in [0.05, 0.1) is 59.9 Å². The van der Waals surface area contributed by atoms with Crippen molar-refractivity contribution in [2.75, 3.05) is 50.5 Å². The Morgan fingerprint density at radius 1 is 1.04 bits per heavy atom. The number of carbonyl (C=O) groups is 1. The molecule has 8 rings (SSSR count). The van der Waals surface area contributed by atoms with E-state index in [4.69, 9.17) is 26.8 Å². The lowest BCUT2D eigenvalue weighted by molar-refractivity contribution is -0.169. The van der Waals surface area contributed by atoms with Crippen molar-refractivity contribution in [3.05, 3.63) is 56.7 Å². The Morgan fingerprint density at radius 2 is 1.82 bits per heavy atom. The number of nitrogen functional groups attached to an aromatic ring is 1. The Hall–Kier alpha value is -3.97. The van der Waals surface area contributed by atoms with Crippen LogP contribution in [0.3, 0.4) is 0 Å². The smallest absolute Gasteiger partial charge is 0.416 e. The van der Waals surface area contributed by atoms with E-state index in [0.29, 0.717) is 55.2 Å². The van der Waals surface area contributed by atoms with Crippen molar-refractivity contribution in [3.63, 3.8) is 0 Å². The second-order valence-corrected chi connectivity index (χ2v) is 14.8. The number of methoxy groups -OCH3 is 1. The molecule has 0 spiro atoms. The number of fused-ring (bicyclic) bond motifs is 3. The quantitative estimate of drug-likeness (QED) is 0.233. The minimum Gasteiger partial charge on any atom is -0.467 e. The summed E-state index contributed by atoms with van der Waals surface area (Å²) in [6, 6.07) is 2.08. The molecule has 55 heavy (non-hydrogen) atoms. The molecule has 5 aliphatic rings. The lowest BCUT2D eigenvalue weighted by Gasteiger charge is -2.31. The zero-order valence-electron chi connectivity index (χ0n) is 29.7. The molecule has 2 N–H and O–H groups in total. The number of nitrogens with zero attached hydrogens (tertiary/aromatic N) is 7. The first-order valence-electron chi connectivity index (χ1n) is 18.0. The maximum atomic E-state index is 15.1. The summed E-state index contributed by atoms with van der Waals surface area (Å²) in [5, 5.41) is 4.34. The molecule has 0 bridgehead atoms. The van der Waals surface area contributed by atoms with Crippen LogP contribution in [-0.4, -0.2) is 93.7 Å². The van der Waals surface area contributed by atoms with Gasteiger partial charge in [0, 0.05) is 56.3 Å². The van der Waals surface area contributed by atoms with Gasteiger partial charge in [0.1, 0.15) is 12.0 Å². The first kappa shape index (κ1) is 39.3. The molecule has 3 fully saturated rings. The van der Waals surface area contributed by atoms with Gasteiger partial charge in [-0.05, 0) is 50.8 Å². The molecule has 1 aromatic carbocycles. The minimum absolute atomic E-state index is 0.00427. The highest BCUT2D eigenvalue weighted by molar-refractivity contribution is 6.34. The fourth-order valence-electron chi connectivity index (χ4n) is 8.13. The number of aryl methyl sites for hydroxylation is 1. The molecular weight excluding hydrogens is 768 g/mol. The van der Waals surface area contributed by atoms with Crippen molar-refractivity contribution < 1.29 is 49.4 Å². The van der Waals surface area contributed by atoms with Crippen LogP contribution in [0.2, 0.25) is 5.02 Å². The molecular formula is C35H39ClF8N8O3. The number of likely N-dealkylation sites (tertiary alicyclic amines) is 1. The van der Waals surface area contributed by atoms with E-state index in [-0.39, 0.29) is 55.0 Å². The van der Waals surface area contributed by atoms with Crippen LogP contribution in [0.5, 0.6) is 6.01 Å². The van der Waals surface area contributed by atoms with E-state index in [2.05, 4.69) is 20.0 Å². The third-order valence-corrected chi connectivity index (χ3v) is 11.3. The normalized spacial score (nSPS) is 24.2. The van der Waals surface area contributed by atoms with Gasteiger partial charge in [-0.2, -0.15) is 41.4 Å². The zero-order chi connectivity index (χ0) is 39.4. The highest BCUT2D eigenvalue weighted by Gasteiger charge is 2.46. The van der Waals surface area contributed by atoms with Crippen LogP contribution >= 0.6 is 11.6 Å². The number of hydrogen-bond donors (Lipinski definition) is 1. The van der Waals surface area contributed by atoms with Crippen LogP contribution in [0, 0.1) is 11.7 Å². The third kappa shape index (κ3) is 7.88. The highest BCUT2D eigenvalue weighted by atomic mass is 35.5. The molecule has 0 radical (unpaired) electrons. The molecule has 7 heterocycles. The number of alkyl halides is 7. The number of ether oxygens (including phenoxy) is 2. The largest absolute Gasteiger partial charge is 0.467 e. The number of rotatable bonds is 4. The van der Waals surface area contributed by atoms with Crippen molar-refractivity contribution in [2.24, 2.45) is 5.92 Å². The Morgan fingerprint density at radius 3 is 2.51 bits per heavy atom. The van der Waals surface area contributed by atoms with Crippen molar-refractivity contribution >= 4 is 29.0 Å². The predicted octanol–water partition coefficient (Wildman–Crippen LogP) is 6.52. The summed E-state index contributed by atoms with van der Waals surface area (Å²) in [5.41, 5.74) is 4.20. The summed E-state index contributed by atoms with van der Waals surface area (Å²) < 4.78 is 121. The van der Waals surface area contributed by atoms with Crippen LogP contribution in [0.4, 0.5) is 46.6 Å². The van der Waals surface area contributed by atoms with E-state index in [1.54, 1.807) is 4.90 Å². The van der Waals surface area contributed by atoms with Gasteiger partial charge in [0.2, 0.25) is 0 Å². The van der Waals surface area contributed by atoms with E-state index in [1.165, 1.54) is 24.6 Å². The average molecular weight is 807 g/mol. The van der Waals surface area contributed by atoms with Gasteiger partial charge < -0.3 is 25.0 Å². The summed E-state index contributed by atoms with van der Waals surface area (Å²) in [6.07, 6.45) is -7.80. The molecule has 300 valence electrons. The van der Waals surface area contributed by atoms with Gasteiger partial charge in [-0.3, -0.25) is 14.4 Å². The first-order valence-corrected chi connectivity index (χ1v) is 18.4. The second kappa shape index (κ2) is 15.2. The molecule has 0 aliphatic carbocycles. The van der Waals surface area contributed by atoms with Crippen molar-refractivity contribution in [1.29, 1.82) is 0 Å². The Labute approximate surface area is 315 Å². The van der Waals surface area contributed by atoms with Gasteiger partial charge in [-0.1, -0.05) is 11.6 Å². The zero-order valence-corrected chi connectivity index (χ0v) is 30.5. The molecule has 1 amide bonds. The lowest BCUT2D eigenvalue weighted by Crippen LogP contribution is -2.32. The second-order valence-electron chi connectivity index (χ2n) is 14.4. The van der Waals surface area contributed by atoms with E-state index in [1.807, 2.05) is 0 Å². The molecule has 4 unspecified atom stereocenters. The summed E-state index contributed by atoms with van der Waals surface area (Å²) in [4.78, 5) is 27.2. The van der Waals surface area contributed by atoms with Crippen LogP contribution < -0.4 is 15.4 Å². The average Bonchev–Trinajstić information content (AvgIpc) is 3.90. The molecule has 3 aromatic rings. The van der Waals surface area contributed by atoms with Crippen molar-refractivity contribution in [1.82, 2.24) is 29.5 Å². The standard InChI is InChI=1S/C28H27ClF7N7O3.C7H12FN/c1-45-26-38-17-9-19(20-15(28(34,35)36)3-4-16(37)22(20)30)46-12-14(17)24(39-26)41-6-2-7-43-18(11-41)21(29)23(40-43)25(44)42-8-5-13(10-42)27(31,32)33;8-6-4-7-2-1-3-9(7)5-6/h3-4,13,19H,2,5-12,37H2,1H3;6-7H,1-5H2. The van der Waals surface area contributed by atoms with Crippen LogP contribution in [0.25, 0.3) is 0 Å². The predicted molar refractivity (Wildman–Crippen MR) is 183 cm³/mol. The van der Waals surface area contributed by atoms with Crippen LogP contribution in [-0.2, 0) is 37.0 Å². The summed E-state index contributed by atoms with van der Waals surface area (Å²) in [5.74, 6) is -3.22.